The minimum absolute atomic E-state index is 0.260. The zero-order chi connectivity index (χ0) is 3.58. The summed E-state index contributed by atoms with van der Waals surface area (Å²) in [5, 5.41) is -0.260. The average Bonchev–Trinajstić information content (AvgIpc) is 0.811. The Kier molecular flexibility index (Phi) is 6.79. The zero-order valence-electron chi connectivity index (χ0n) is 1.49. The van der Waals surface area contributed by atoms with Crippen LogP contribution in [0, 0.1) is 0 Å². The van der Waals surface area contributed by atoms with E-state index in [4.69, 9.17) is 0 Å². The molecule has 0 N–H and O–H groups in total. The Hall–Kier alpha value is 2.81. The van der Waals surface area contributed by atoms with Crippen molar-refractivity contribution >= 4 is 59.3 Å². The van der Waals surface area contributed by atoms with Crippen molar-refractivity contribution in [2.24, 2.45) is 0 Å². The number of hydrogen-bond donors (Lipinski definition) is 0. The average molecular weight is 482 g/mol. The van der Waals surface area contributed by atoms with Gasteiger partial charge in [-0.15, -0.1) is 0 Å². The van der Waals surface area contributed by atoms with Gasteiger partial charge in [-0.2, -0.15) is 0 Å². The first-order valence-corrected chi connectivity index (χ1v) is 15.9. The maximum absolute atomic E-state index is 2.46. The number of rotatable bonds is 0. The first kappa shape index (κ1) is 6.81. The molecule has 4 heteroatoms. The Bertz CT molecular complexity index is 8.00. The molecule has 0 aliphatic heterocycles. The van der Waals surface area contributed by atoms with Gasteiger partial charge in [-0.05, 0) is 0 Å². The van der Waals surface area contributed by atoms with Gasteiger partial charge in [0.2, 0.25) is 0 Å². The van der Waals surface area contributed by atoms with Gasteiger partial charge in [-0.1, -0.05) is 0 Å². The molecule has 0 spiro atoms. The van der Waals surface area contributed by atoms with Gasteiger partial charge in [0.05, 0.1) is 0 Å². The van der Waals surface area contributed by atoms with Crippen molar-refractivity contribution in [3.05, 3.63) is 0 Å². The molecule has 0 bridgehead atoms. The Morgan fingerprint density at radius 2 is 1.00 bits per heavy atom. The predicted molar refractivity (Wildman–Crippen MR) is 42.1 cm³/mol. The summed E-state index contributed by atoms with van der Waals surface area (Å²) in [5.74, 6) is 0. The van der Waals surface area contributed by atoms with Gasteiger partial charge in [0.1, 0.15) is 0 Å². The second-order valence-corrected chi connectivity index (χ2v) is 40.3. The van der Waals surface area contributed by atoms with Crippen LogP contribution in [0.3, 0.4) is 0 Å². The number of hydrogen-bond acceptors (Lipinski definition) is 0. The van der Waals surface area contributed by atoms with Crippen molar-refractivity contribution in [2.75, 3.05) is 0 Å². The topological polar surface area (TPSA) is 0 Å². The van der Waals surface area contributed by atoms with E-state index >= 15 is 0 Å². The van der Waals surface area contributed by atoms with Crippen LogP contribution >= 0.6 is 59.3 Å². The van der Waals surface area contributed by atoms with Crippen molar-refractivity contribution in [2.45, 2.75) is 0 Å². The van der Waals surface area contributed by atoms with Crippen LogP contribution in [-0.4, -0.2) is 0 Å². The van der Waals surface area contributed by atoms with Crippen LogP contribution in [0.2, 0.25) is 0 Å². The first-order chi connectivity index (χ1) is 1.73. The van der Waals surface area contributed by atoms with Crippen molar-refractivity contribution in [3.63, 3.8) is 0 Å². The molecule has 0 amide bonds. The Balaban J connectivity index is 2.32. The molecule has 4 heavy (non-hydrogen) atoms. The molecule has 0 saturated carbocycles. The van der Waals surface area contributed by atoms with E-state index in [1.54, 1.807) is 0 Å². The Morgan fingerprint density at radius 1 is 1.00 bits per heavy atom. The molecule has 0 fully saturated rings. The van der Waals surface area contributed by atoms with E-state index in [1.807, 2.05) is 0 Å². The molecule has 0 rings (SSSR count). The molecule has 0 unspecified atom stereocenters. The van der Waals surface area contributed by atoms with Crippen LogP contribution in [0.1, 0.15) is 0 Å². The van der Waals surface area contributed by atoms with E-state index in [0.29, 0.717) is 0 Å². The van der Waals surface area contributed by atoms with E-state index in [1.165, 1.54) is 0 Å². The van der Waals surface area contributed by atoms with Gasteiger partial charge in [-0.3, -0.25) is 0 Å². The third-order valence-corrected chi connectivity index (χ3v) is 0. The van der Waals surface area contributed by atoms with Gasteiger partial charge in [0, 0.05) is 0 Å². The standard InChI is InChI=1S/3HI.Ru/h3*1H;/q;;;+2/p-3. The summed E-state index contributed by atoms with van der Waals surface area (Å²) in [5.41, 5.74) is 0. The molecule has 0 aliphatic rings. The van der Waals surface area contributed by atoms with Gasteiger partial charge < -0.3 is 0 Å². The summed E-state index contributed by atoms with van der Waals surface area (Å²) < 4.78 is 0. The molecular formula is I3Ru-. The summed E-state index contributed by atoms with van der Waals surface area (Å²) in [4.78, 5) is 0. The predicted octanol–water partition coefficient (Wildman–Crippen LogP) is 2.65. The molecule has 0 atom stereocenters. The van der Waals surface area contributed by atoms with Crippen LogP contribution in [-0.2, 0) is 5.41 Å². The molecule has 0 radical (unpaired) electrons. The maximum atomic E-state index is 2.46. The third kappa shape index (κ3) is 8.84. The van der Waals surface area contributed by atoms with Crippen LogP contribution in [0.5, 0.6) is 0 Å². The second kappa shape index (κ2) is 3.99. The quantitative estimate of drug-likeness (QED) is 0.369. The van der Waals surface area contributed by atoms with E-state index in [2.05, 4.69) is 59.3 Å². The SMILES string of the molecule is [I][Ru-]([I])[I]. The summed E-state index contributed by atoms with van der Waals surface area (Å²) in [6, 6.07) is 0. The second-order valence-electron chi connectivity index (χ2n) is 0.152. The van der Waals surface area contributed by atoms with Crippen molar-refractivity contribution in [1.29, 1.82) is 0 Å². The van der Waals surface area contributed by atoms with Gasteiger partial charge in [-0.25, -0.2) is 0 Å². The van der Waals surface area contributed by atoms with Gasteiger partial charge in [0.25, 0.3) is 0 Å². The van der Waals surface area contributed by atoms with Crippen LogP contribution in [0.15, 0.2) is 0 Å². The fourth-order valence-corrected chi connectivity index (χ4v) is 0. The molecule has 0 nitrogen and oxygen atoms in total. The van der Waals surface area contributed by atoms with Crippen LogP contribution in [0.25, 0.3) is 0 Å². The van der Waals surface area contributed by atoms with Gasteiger partial charge in [0.15, 0.2) is 0 Å². The van der Waals surface area contributed by atoms with Crippen molar-refractivity contribution in [3.8, 4) is 0 Å². The van der Waals surface area contributed by atoms with E-state index in [9.17, 15) is 0 Å². The van der Waals surface area contributed by atoms with Crippen LogP contribution in [0.4, 0.5) is 0 Å². The fourth-order valence-electron chi connectivity index (χ4n) is 0. The summed E-state index contributed by atoms with van der Waals surface area (Å²) in [7, 11) is 0. The Morgan fingerprint density at radius 3 is 1.00 bits per heavy atom. The monoisotopic (exact) mass is 483 g/mol. The van der Waals surface area contributed by atoms with Crippen LogP contribution < -0.4 is 0 Å². The third-order valence-electron chi connectivity index (χ3n) is 0. The molecule has 0 heterocycles. The summed E-state index contributed by atoms with van der Waals surface area (Å²) in [6.45, 7) is 0. The van der Waals surface area contributed by atoms with E-state index < -0.39 is 0 Å². The molecule has 0 aromatic heterocycles. The molecule has 30 valence electrons. The van der Waals surface area contributed by atoms with Crippen molar-refractivity contribution in [1.82, 2.24) is 0 Å². The minimum atomic E-state index is -0.260. The molecule has 0 saturated heterocycles. The van der Waals surface area contributed by atoms with Gasteiger partial charge >= 0.3 is 64.7 Å². The normalized spacial score (nSPS) is 11.2. The summed E-state index contributed by atoms with van der Waals surface area (Å²) >= 11 is 7.38. The summed E-state index contributed by atoms with van der Waals surface area (Å²) in [6.07, 6.45) is 0. The Labute approximate surface area is 62.9 Å². The molecule has 0 aromatic carbocycles. The van der Waals surface area contributed by atoms with Crippen molar-refractivity contribution < 1.29 is 5.41 Å². The zero-order valence-corrected chi connectivity index (χ0v) is 9.70. The molecular weight excluding hydrogens is 482 g/mol. The van der Waals surface area contributed by atoms with E-state index in [-0.39, 0.29) is 5.41 Å². The fraction of sp³-hybridized carbons (Fsp3) is 0. The molecule has 0 aliphatic carbocycles. The number of halogens is 3. The first-order valence-electron chi connectivity index (χ1n) is 0.401. The van der Waals surface area contributed by atoms with E-state index in [0.717, 1.165) is 0 Å². The molecule has 0 aromatic rings.